The summed E-state index contributed by atoms with van der Waals surface area (Å²) in [5, 5.41) is 30.1. The smallest absolute Gasteiger partial charge is 0.320 e. The number of alkyl halides is 1. The Labute approximate surface area is 189 Å². The quantitative estimate of drug-likeness (QED) is 0.171. The number of carboxylic acid groups (broad SMARTS) is 3. The second kappa shape index (κ2) is 20.4. The molecule has 11 heteroatoms. The number of rotatable bonds is 18. The number of methoxy groups -OCH3 is 2. The predicted octanol–water partition coefficient (Wildman–Crippen LogP) is 1.46. The van der Waals surface area contributed by atoms with Gasteiger partial charge in [-0.3, -0.25) is 19.3 Å². The minimum Gasteiger partial charge on any atom is -0.480 e. The first kappa shape index (κ1) is 31.7. The molecule has 31 heavy (non-hydrogen) atoms. The number of aliphatic carboxylic acids is 3. The maximum absolute atomic E-state index is 11.3. The van der Waals surface area contributed by atoms with Crippen LogP contribution in [-0.2, 0) is 23.9 Å². The lowest BCUT2D eigenvalue weighted by atomic mass is 10.1. The molecule has 3 unspecified atom stereocenters. The number of nitrogens with zero attached hydrogens (tertiary/aromatic N) is 1. The lowest BCUT2D eigenvalue weighted by Crippen LogP contribution is -2.46. The van der Waals surface area contributed by atoms with Gasteiger partial charge >= 0.3 is 17.9 Å². The van der Waals surface area contributed by atoms with E-state index in [2.05, 4.69) is 12.2 Å². The van der Waals surface area contributed by atoms with Crippen molar-refractivity contribution in [3.8, 4) is 0 Å². The van der Waals surface area contributed by atoms with Crippen LogP contribution in [0.3, 0.4) is 0 Å². The molecule has 0 aromatic heterocycles. The molecule has 0 bridgehead atoms. The van der Waals surface area contributed by atoms with E-state index < -0.39 is 37.0 Å². The van der Waals surface area contributed by atoms with Crippen molar-refractivity contribution in [1.82, 2.24) is 10.2 Å². The molecule has 0 saturated heterocycles. The minimum atomic E-state index is -1.25. The maximum Gasteiger partial charge on any atom is 0.320 e. The zero-order chi connectivity index (χ0) is 24.2. The molecule has 4 N–H and O–H groups in total. The lowest BCUT2D eigenvalue weighted by molar-refractivity contribution is -0.149. The van der Waals surface area contributed by atoms with E-state index >= 15 is 0 Å². The third-order valence-electron chi connectivity index (χ3n) is 4.14. The number of hydrogen-bond acceptors (Lipinski definition) is 7. The van der Waals surface area contributed by atoms with E-state index in [1.165, 1.54) is 0 Å². The maximum atomic E-state index is 11.3. The van der Waals surface area contributed by atoms with Crippen molar-refractivity contribution in [3.63, 3.8) is 0 Å². The molecule has 0 saturated carbocycles. The van der Waals surface area contributed by atoms with Crippen LogP contribution in [0, 0.1) is 11.8 Å². The van der Waals surface area contributed by atoms with Gasteiger partial charge in [0.1, 0.15) is 6.04 Å². The zero-order valence-electron chi connectivity index (χ0n) is 19.0. The summed E-state index contributed by atoms with van der Waals surface area (Å²) in [4.78, 5) is 33.9. The van der Waals surface area contributed by atoms with E-state index in [-0.39, 0.29) is 6.42 Å². The minimum absolute atomic E-state index is 0.200. The molecule has 0 rings (SSSR count). The first-order valence-corrected chi connectivity index (χ1v) is 10.8. The van der Waals surface area contributed by atoms with Crippen LogP contribution in [0.1, 0.15) is 33.1 Å². The Balaban J connectivity index is 0. The van der Waals surface area contributed by atoms with Gasteiger partial charge in [0.05, 0.1) is 13.1 Å². The molecule has 0 aliphatic carbocycles. The third-order valence-corrected chi connectivity index (χ3v) is 4.67. The Morgan fingerprint density at radius 2 is 1.45 bits per heavy atom. The average Bonchev–Trinajstić information content (AvgIpc) is 2.66. The molecule has 0 aromatic rings. The van der Waals surface area contributed by atoms with Crippen molar-refractivity contribution in [1.29, 1.82) is 0 Å². The zero-order valence-corrected chi connectivity index (χ0v) is 19.8. The number of halogens is 1. The fraction of sp³-hybridized carbons (Fsp3) is 0.850. The van der Waals surface area contributed by atoms with Gasteiger partial charge in [-0.2, -0.15) is 0 Å². The lowest BCUT2D eigenvalue weighted by Gasteiger charge is -2.25. The summed E-state index contributed by atoms with van der Waals surface area (Å²) < 4.78 is 9.83. The van der Waals surface area contributed by atoms with Gasteiger partial charge in [-0.05, 0) is 37.8 Å². The Bertz CT molecular complexity index is 480. The molecule has 0 spiro atoms. The number of carbonyl (C=O) groups is 3. The van der Waals surface area contributed by atoms with Crippen LogP contribution in [0.25, 0.3) is 0 Å². The van der Waals surface area contributed by atoms with Crippen LogP contribution in [0.2, 0.25) is 0 Å². The summed E-state index contributed by atoms with van der Waals surface area (Å²) in [6, 6.07) is -1.12. The topological polar surface area (TPSA) is 146 Å². The molecular weight excluding hydrogens is 432 g/mol. The van der Waals surface area contributed by atoms with E-state index in [0.29, 0.717) is 37.3 Å². The molecule has 0 aliphatic heterocycles. The van der Waals surface area contributed by atoms with Crippen molar-refractivity contribution in [2.24, 2.45) is 11.8 Å². The Morgan fingerprint density at radius 1 is 0.935 bits per heavy atom. The summed E-state index contributed by atoms with van der Waals surface area (Å²) in [5.41, 5.74) is 0. The second-order valence-corrected chi connectivity index (χ2v) is 7.83. The highest BCUT2D eigenvalue weighted by Gasteiger charge is 2.28. The molecule has 0 radical (unpaired) electrons. The van der Waals surface area contributed by atoms with Crippen molar-refractivity contribution in [2.75, 3.05) is 59.5 Å². The van der Waals surface area contributed by atoms with Crippen LogP contribution < -0.4 is 5.32 Å². The van der Waals surface area contributed by atoms with Crippen LogP contribution in [0.15, 0.2) is 0 Å². The number of hydrogen-bond donors (Lipinski definition) is 4. The van der Waals surface area contributed by atoms with Crippen molar-refractivity contribution >= 4 is 29.5 Å². The molecule has 3 atom stereocenters. The van der Waals surface area contributed by atoms with E-state index in [0.717, 1.165) is 24.5 Å². The average molecular weight is 471 g/mol. The molecular formula is C20H39ClN2O8. The molecule has 0 fully saturated rings. The number of ether oxygens (including phenoxy) is 2. The van der Waals surface area contributed by atoms with Gasteiger partial charge in [0.2, 0.25) is 0 Å². The largest absolute Gasteiger partial charge is 0.480 e. The standard InChI is InChI=1S/C15H28N2O7.C5H11ClO/c1-11(10-24-2)7-16-6-4-3-5-12(15(22)23)17(8-13(18)19)9-14(20)21;1-5(3-6)4-7-2/h11-12,16H,3-10H2,1-2H3,(H,18,19)(H,20,21)(H,22,23);5H,3-4H2,1-2H3. The van der Waals surface area contributed by atoms with Gasteiger partial charge in [-0.1, -0.05) is 20.3 Å². The normalized spacial score (nSPS) is 13.7. The Morgan fingerprint density at radius 3 is 1.84 bits per heavy atom. The van der Waals surface area contributed by atoms with Gasteiger partial charge < -0.3 is 30.1 Å². The van der Waals surface area contributed by atoms with Gasteiger partial charge in [-0.25, -0.2) is 0 Å². The van der Waals surface area contributed by atoms with Crippen LogP contribution in [0.4, 0.5) is 0 Å². The van der Waals surface area contributed by atoms with E-state index in [1.54, 1.807) is 14.2 Å². The summed E-state index contributed by atoms with van der Waals surface area (Å²) in [6.07, 6.45) is 1.47. The fourth-order valence-electron chi connectivity index (χ4n) is 2.69. The number of carboxylic acids is 3. The van der Waals surface area contributed by atoms with Crippen molar-refractivity contribution < 1.29 is 39.2 Å². The number of nitrogens with one attached hydrogen (secondary N) is 1. The van der Waals surface area contributed by atoms with E-state index in [9.17, 15) is 19.5 Å². The fourth-order valence-corrected chi connectivity index (χ4v) is 2.78. The monoisotopic (exact) mass is 470 g/mol. The number of unbranched alkanes of at least 4 members (excludes halogenated alkanes) is 1. The van der Waals surface area contributed by atoms with Crippen LogP contribution >= 0.6 is 11.6 Å². The molecule has 0 heterocycles. The Hall–Kier alpha value is -1.46. The first-order valence-electron chi connectivity index (χ1n) is 10.2. The van der Waals surface area contributed by atoms with Crippen LogP contribution in [-0.4, -0.2) is 104 Å². The van der Waals surface area contributed by atoms with Gasteiger partial charge in [0, 0.05) is 33.3 Å². The first-order chi connectivity index (χ1) is 14.6. The van der Waals surface area contributed by atoms with Gasteiger partial charge in [0.15, 0.2) is 0 Å². The summed E-state index contributed by atoms with van der Waals surface area (Å²) in [7, 11) is 3.32. The highest BCUT2D eigenvalue weighted by atomic mass is 35.5. The Kier molecular flexibility index (Phi) is 20.9. The molecule has 0 amide bonds. The summed E-state index contributed by atoms with van der Waals surface area (Å²) >= 11 is 5.45. The third kappa shape index (κ3) is 20.2. The highest BCUT2D eigenvalue weighted by Crippen LogP contribution is 2.10. The highest BCUT2D eigenvalue weighted by molar-refractivity contribution is 6.18. The molecule has 0 aliphatic rings. The predicted molar refractivity (Wildman–Crippen MR) is 118 cm³/mol. The molecule has 0 aromatic carbocycles. The van der Waals surface area contributed by atoms with Crippen molar-refractivity contribution in [2.45, 2.75) is 39.2 Å². The van der Waals surface area contributed by atoms with E-state index in [4.69, 9.17) is 31.3 Å². The van der Waals surface area contributed by atoms with Crippen LogP contribution in [0.5, 0.6) is 0 Å². The van der Waals surface area contributed by atoms with Crippen molar-refractivity contribution in [3.05, 3.63) is 0 Å². The van der Waals surface area contributed by atoms with E-state index in [1.807, 2.05) is 6.92 Å². The van der Waals surface area contributed by atoms with Gasteiger partial charge in [-0.15, -0.1) is 11.6 Å². The molecule has 10 nitrogen and oxygen atoms in total. The summed E-state index contributed by atoms with van der Waals surface area (Å²) in [6.45, 7) is 5.80. The summed E-state index contributed by atoms with van der Waals surface area (Å²) in [5.74, 6) is -2.16. The second-order valence-electron chi connectivity index (χ2n) is 7.52. The SMILES string of the molecule is COCC(C)CCl.COCC(C)CNCCCCC(C(=O)O)N(CC(=O)O)CC(=O)O. The van der Waals surface area contributed by atoms with Gasteiger partial charge in [0.25, 0.3) is 0 Å². The molecule has 184 valence electrons.